The number of carbonyl (C=O) groups excluding carboxylic acids is 2. The van der Waals surface area contributed by atoms with Crippen LogP contribution in [0, 0.1) is 17.0 Å². The molecule has 33 heavy (non-hydrogen) atoms. The highest BCUT2D eigenvalue weighted by atomic mass is 16.6. The Morgan fingerprint density at radius 2 is 1.45 bits per heavy atom. The molecule has 0 unspecified atom stereocenters. The van der Waals surface area contributed by atoms with Gasteiger partial charge in [0, 0.05) is 34.6 Å². The standard InChI is InChI=1S/C25H19N3O5/c1-16-15-20(28(31)32)11-12-21(16)22-13-14-23(33-22)25(30)27-19-9-7-18(8-10-19)26-24(29)17-5-3-2-4-6-17/h2-15H,1H3,(H,26,29)(H,27,30). The maximum atomic E-state index is 12.6. The van der Waals surface area contributed by atoms with E-state index in [4.69, 9.17) is 4.42 Å². The third-order valence-corrected chi connectivity index (χ3v) is 4.95. The zero-order valence-corrected chi connectivity index (χ0v) is 17.6. The highest BCUT2D eigenvalue weighted by Gasteiger charge is 2.16. The van der Waals surface area contributed by atoms with E-state index in [9.17, 15) is 19.7 Å². The Bertz CT molecular complexity index is 1330. The molecule has 8 heteroatoms. The summed E-state index contributed by atoms with van der Waals surface area (Å²) in [4.78, 5) is 35.3. The van der Waals surface area contributed by atoms with Crippen molar-refractivity contribution < 1.29 is 18.9 Å². The lowest BCUT2D eigenvalue weighted by Crippen LogP contribution is -2.12. The van der Waals surface area contributed by atoms with E-state index in [0.29, 0.717) is 33.8 Å². The molecule has 0 aliphatic carbocycles. The molecule has 0 aliphatic rings. The molecule has 3 aromatic carbocycles. The van der Waals surface area contributed by atoms with E-state index >= 15 is 0 Å². The minimum atomic E-state index is -0.462. The molecule has 0 fully saturated rings. The zero-order valence-electron chi connectivity index (χ0n) is 17.6. The first kappa shape index (κ1) is 21.5. The smallest absolute Gasteiger partial charge is 0.291 e. The van der Waals surface area contributed by atoms with E-state index < -0.39 is 10.8 Å². The number of carbonyl (C=O) groups is 2. The van der Waals surface area contributed by atoms with Crippen LogP contribution in [-0.2, 0) is 0 Å². The van der Waals surface area contributed by atoms with Gasteiger partial charge in [0.2, 0.25) is 0 Å². The zero-order chi connectivity index (χ0) is 23.4. The molecule has 8 nitrogen and oxygen atoms in total. The summed E-state index contributed by atoms with van der Waals surface area (Å²) in [5, 5.41) is 16.5. The quantitative estimate of drug-likeness (QED) is 0.296. The molecule has 1 aromatic heterocycles. The number of nitro benzene ring substituents is 1. The molecule has 2 amide bonds. The van der Waals surface area contributed by atoms with Gasteiger partial charge in [0.15, 0.2) is 5.76 Å². The fourth-order valence-corrected chi connectivity index (χ4v) is 3.26. The number of amides is 2. The SMILES string of the molecule is Cc1cc([N+](=O)[O-])ccc1-c1ccc(C(=O)Nc2ccc(NC(=O)c3ccccc3)cc2)o1. The molecular formula is C25H19N3O5. The van der Waals surface area contributed by atoms with E-state index in [1.54, 1.807) is 73.7 Å². The summed E-state index contributed by atoms with van der Waals surface area (Å²) in [6, 6.07) is 23.2. The maximum absolute atomic E-state index is 12.6. The normalized spacial score (nSPS) is 10.5. The van der Waals surface area contributed by atoms with Crippen LogP contribution in [0.3, 0.4) is 0 Å². The van der Waals surface area contributed by atoms with E-state index in [0.717, 1.165) is 0 Å². The second-order valence-electron chi connectivity index (χ2n) is 7.27. The molecule has 2 N–H and O–H groups in total. The lowest BCUT2D eigenvalue weighted by molar-refractivity contribution is -0.384. The number of anilines is 2. The summed E-state index contributed by atoms with van der Waals surface area (Å²) in [7, 11) is 0. The van der Waals surface area contributed by atoms with Crippen molar-refractivity contribution in [2.75, 3.05) is 10.6 Å². The minimum Gasteiger partial charge on any atom is -0.451 e. The van der Waals surface area contributed by atoms with E-state index in [-0.39, 0.29) is 17.4 Å². The summed E-state index contributed by atoms with van der Waals surface area (Å²) >= 11 is 0. The molecule has 164 valence electrons. The van der Waals surface area contributed by atoms with Crippen LogP contribution in [0.5, 0.6) is 0 Å². The Labute approximate surface area is 189 Å². The number of non-ortho nitro benzene ring substituents is 1. The molecule has 1 heterocycles. The van der Waals surface area contributed by atoms with Crippen molar-refractivity contribution in [1.82, 2.24) is 0 Å². The van der Waals surface area contributed by atoms with Crippen LogP contribution in [0.4, 0.5) is 17.1 Å². The van der Waals surface area contributed by atoms with Gasteiger partial charge in [-0.3, -0.25) is 19.7 Å². The minimum absolute atomic E-state index is 0.0100. The first-order valence-corrected chi connectivity index (χ1v) is 10.0. The van der Waals surface area contributed by atoms with Gasteiger partial charge >= 0.3 is 0 Å². The Hall–Kier alpha value is -4.72. The summed E-state index contributed by atoms with van der Waals surface area (Å²) < 4.78 is 5.67. The molecule has 4 rings (SSSR count). The highest BCUT2D eigenvalue weighted by molar-refractivity contribution is 6.05. The number of rotatable bonds is 6. The molecule has 0 radical (unpaired) electrons. The van der Waals surface area contributed by atoms with Crippen molar-refractivity contribution in [2.24, 2.45) is 0 Å². The molecule has 0 aliphatic heterocycles. The van der Waals surface area contributed by atoms with E-state index in [1.807, 2.05) is 6.07 Å². The second-order valence-corrected chi connectivity index (χ2v) is 7.27. The van der Waals surface area contributed by atoms with E-state index in [2.05, 4.69) is 10.6 Å². The van der Waals surface area contributed by atoms with Crippen LogP contribution in [0.2, 0.25) is 0 Å². The van der Waals surface area contributed by atoms with Crippen LogP contribution in [0.15, 0.2) is 89.3 Å². The van der Waals surface area contributed by atoms with Crippen LogP contribution in [0.1, 0.15) is 26.5 Å². The highest BCUT2D eigenvalue weighted by Crippen LogP contribution is 2.28. The predicted octanol–water partition coefficient (Wildman–Crippen LogP) is 5.67. The molecule has 4 aromatic rings. The van der Waals surface area contributed by atoms with Gasteiger partial charge < -0.3 is 15.1 Å². The summed E-state index contributed by atoms with van der Waals surface area (Å²) in [5.74, 6) is -0.130. The Morgan fingerprint density at radius 3 is 2.06 bits per heavy atom. The van der Waals surface area contributed by atoms with Crippen molar-refractivity contribution in [2.45, 2.75) is 6.92 Å². The van der Waals surface area contributed by atoms with Crippen molar-refractivity contribution >= 4 is 28.9 Å². The number of benzene rings is 3. The average molecular weight is 441 g/mol. The van der Waals surface area contributed by atoms with Crippen LogP contribution in [0.25, 0.3) is 11.3 Å². The number of hydrogen-bond donors (Lipinski definition) is 2. The second kappa shape index (κ2) is 9.19. The number of nitro groups is 1. The van der Waals surface area contributed by atoms with Crippen molar-refractivity contribution in [1.29, 1.82) is 0 Å². The van der Waals surface area contributed by atoms with Gasteiger partial charge in [0.05, 0.1) is 4.92 Å². The Balaban J connectivity index is 1.41. The van der Waals surface area contributed by atoms with Gasteiger partial charge in [-0.25, -0.2) is 0 Å². The maximum Gasteiger partial charge on any atom is 0.291 e. The number of nitrogens with zero attached hydrogens (tertiary/aromatic N) is 1. The Kier molecular flexibility index (Phi) is 5.99. The third kappa shape index (κ3) is 4.96. The fraction of sp³-hybridized carbons (Fsp3) is 0.0400. The van der Waals surface area contributed by atoms with Gasteiger partial charge in [-0.1, -0.05) is 18.2 Å². The molecule has 0 bridgehead atoms. The van der Waals surface area contributed by atoms with Crippen LogP contribution >= 0.6 is 0 Å². The number of aryl methyl sites for hydroxylation is 1. The lowest BCUT2D eigenvalue weighted by atomic mass is 10.1. The number of nitrogens with one attached hydrogen (secondary N) is 2. The van der Waals surface area contributed by atoms with Crippen molar-refractivity contribution in [3.8, 4) is 11.3 Å². The largest absolute Gasteiger partial charge is 0.451 e. The molecule has 0 spiro atoms. The topological polar surface area (TPSA) is 114 Å². The first-order valence-electron chi connectivity index (χ1n) is 10.0. The first-order chi connectivity index (χ1) is 15.9. The predicted molar refractivity (Wildman–Crippen MR) is 124 cm³/mol. The van der Waals surface area contributed by atoms with Gasteiger partial charge in [-0.05, 0) is 67.1 Å². The average Bonchev–Trinajstić information content (AvgIpc) is 3.31. The van der Waals surface area contributed by atoms with Gasteiger partial charge in [-0.2, -0.15) is 0 Å². The summed E-state index contributed by atoms with van der Waals surface area (Å²) in [5.41, 5.74) is 2.99. The van der Waals surface area contributed by atoms with Gasteiger partial charge in [-0.15, -0.1) is 0 Å². The molecule has 0 atom stereocenters. The van der Waals surface area contributed by atoms with Crippen molar-refractivity contribution in [3.63, 3.8) is 0 Å². The third-order valence-electron chi connectivity index (χ3n) is 4.95. The van der Waals surface area contributed by atoms with Crippen molar-refractivity contribution in [3.05, 3.63) is 112 Å². The summed E-state index contributed by atoms with van der Waals surface area (Å²) in [6.45, 7) is 1.74. The number of hydrogen-bond acceptors (Lipinski definition) is 5. The summed E-state index contributed by atoms with van der Waals surface area (Å²) in [6.07, 6.45) is 0. The lowest BCUT2D eigenvalue weighted by Gasteiger charge is -2.07. The molecular weight excluding hydrogens is 422 g/mol. The van der Waals surface area contributed by atoms with Gasteiger partial charge in [0.1, 0.15) is 5.76 Å². The molecule has 0 saturated carbocycles. The van der Waals surface area contributed by atoms with Crippen LogP contribution in [-0.4, -0.2) is 16.7 Å². The van der Waals surface area contributed by atoms with E-state index in [1.165, 1.54) is 12.1 Å². The number of furan rings is 1. The molecule has 0 saturated heterocycles. The Morgan fingerprint density at radius 1 is 0.818 bits per heavy atom. The van der Waals surface area contributed by atoms with Crippen LogP contribution < -0.4 is 10.6 Å². The van der Waals surface area contributed by atoms with Gasteiger partial charge in [0.25, 0.3) is 17.5 Å². The monoisotopic (exact) mass is 441 g/mol. The fourth-order valence-electron chi connectivity index (χ4n) is 3.26.